The third-order valence-electron chi connectivity index (χ3n) is 4.70. The third-order valence-corrected chi connectivity index (χ3v) is 4.70. The van der Waals surface area contributed by atoms with E-state index < -0.39 is 23.5 Å². The highest BCUT2D eigenvalue weighted by atomic mass is 16.4. The van der Waals surface area contributed by atoms with Gasteiger partial charge < -0.3 is 25.6 Å². The van der Waals surface area contributed by atoms with Crippen molar-refractivity contribution in [2.24, 2.45) is 4.99 Å². The Morgan fingerprint density at radius 2 is 2.00 bits per heavy atom. The summed E-state index contributed by atoms with van der Waals surface area (Å²) in [5, 5.41) is 18.1. The van der Waals surface area contributed by atoms with Crippen LogP contribution in [0.1, 0.15) is 28.8 Å². The van der Waals surface area contributed by atoms with Crippen molar-refractivity contribution in [3.05, 3.63) is 70.1 Å². The lowest BCUT2D eigenvalue weighted by Gasteiger charge is -2.15. The number of carbonyl (C=O) groups excluding carboxylic acids is 1. The highest BCUT2D eigenvalue weighted by Crippen LogP contribution is 2.03. The number of nitrogens with one attached hydrogen (secondary N) is 3. The van der Waals surface area contributed by atoms with E-state index in [4.69, 9.17) is 0 Å². The zero-order valence-corrected chi connectivity index (χ0v) is 16.5. The van der Waals surface area contributed by atoms with Gasteiger partial charge in [-0.2, -0.15) is 0 Å². The number of benzene rings is 1. The molecule has 1 amide bonds. The van der Waals surface area contributed by atoms with Crippen LogP contribution in [0.2, 0.25) is 0 Å². The second-order valence-electron chi connectivity index (χ2n) is 6.93. The third kappa shape index (κ3) is 5.69. The van der Waals surface area contributed by atoms with Crippen LogP contribution >= 0.6 is 0 Å². The Morgan fingerprint density at radius 1 is 1.20 bits per heavy atom. The monoisotopic (exact) mass is 411 g/mol. The van der Waals surface area contributed by atoms with Crippen molar-refractivity contribution in [2.75, 3.05) is 19.6 Å². The fraction of sp³-hybridized carbons (Fsp3) is 0.333. The quantitative estimate of drug-likeness (QED) is 0.443. The van der Waals surface area contributed by atoms with Gasteiger partial charge in [-0.05, 0) is 30.5 Å². The minimum Gasteiger partial charge on any atom is -0.480 e. The van der Waals surface area contributed by atoms with Gasteiger partial charge in [-0.1, -0.05) is 30.3 Å². The van der Waals surface area contributed by atoms with Gasteiger partial charge in [0.25, 0.3) is 11.5 Å². The first kappa shape index (κ1) is 21.1. The van der Waals surface area contributed by atoms with E-state index in [9.17, 15) is 19.5 Å². The summed E-state index contributed by atoms with van der Waals surface area (Å²) in [6.07, 6.45) is 2.35. The molecular formula is C21H25N5O4. The summed E-state index contributed by atoms with van der Waals surface area (Å²) in [7, 11) is 0. The van der Waals surface area contributed by atoms with E-state index in [0.717, 1.165) is 18.7 Å². The number of aliphatic carboxylic acids is 1. The van der Waals surface area contributed by atoms with E-state index in [0.29, 0.717) is 25.5 Å². The molecule has 4 N–H and O–H groups in total. The van der Waals surface area contributed by atoms with Gasteiger partial charge in [0.15, 0.2) is 5.96 Å². The lowest BCUT2D eigenvalue weighted by molar-refractivity contribution is -0.139. The van der Waals surface area contributed by atoms with Crippen molar-refractivity contribution in [3.63, 3.8) is 0 Å². The number of rotatable bonds is 9. The molecule has 0 saturated carbocycles. The Bertz CT molecular complexity index is 971. The molecule has 158 valence electrons. The molecule has 0 radical (unpaired) electrons. The smallest absolute Gasteiger partial charge is 0.326 e. The summed E-state index contributed by atoms with van der Waals surface area (Å²) < 4.78 is 1.43. The summed E-state index contributed by atoms with van der Waals surface area (Å²) in [6, 6.07) is 11.3. The van der Waals surface area contributed by atoms with Gasteiger partial charge in [0.2, 0.25) is 0 Å². The van der Waals surface area contributed by atoms with E-state index in [1.54, 1.807) is 12.3 Å². The maximum absolute atomic E-state index is 12.7. The zero-order chi connectivity index (χ0) is 21.3. The molecule has 30 heavy (non-hydrogen) atoms. The standard InChI is InChI=1S/C21H25N5O4/c27-18(25-17(20(29)30)9-4-10-22-21-23-11-12-24-21)16-8-5-13-26(19(16)28)14-15-6-2-1-3-7-15/h1-3,5-8,13,17H,4,9-12,14H2,(H,25,27)(H,29,30)(H2,22,23,24)/t17-/m0/s1. The Balaban J connectivity index is 1.60. The number of carbonyl (C=O) groups is 2. The second kappa shape index (κ2) is 10.2. The summed E-state index contributed by atoms with van der Waals surface area (Å²) in [5.41, 5.74) is 0.381. The van der Waals surface area contributed by atoms with Crippen molar-refractivity contribution in [2.45, 2.75) is 25.4 Å². The van der Waals surface area contributed by atoms with Crippen molar-refractivity contribution in [3.8, 4) is 0 Å². The molecule has 1 aromatic carbocycles. The number of hydrogen-bond donors (Lipinski definition) is 4. The molecule has 2 aromatic rings. The number of pyridine rings is 1. The summed E-state index contributed by atoms with van der Waals surface area (Å²) in [6.45, 7) is 2.36. The number of aliphatic imine (C=N–C) groups is 1. The van der Waals surface area contributed by atoms with Crippen LogP contribution in [-0.2, 0) is 11.3 Å². The highest BCUT2D eigenvalue weighted by Gasteiger charge is 2.22. The number of nitrogens with zero attached hydrogens (tertiary/aromatic N) is 2. The van der Waals surface area contributed by atoms with Crippen LogP contribution in [0.25, 0.3) is 0 Å². The van der Waals surface area contributed by atoms with Gasteiger partial charge in [0.05, 0.1) is 13.1 Å². The molecule has 0 unspecified atom stereocenters. The minimum absolute atomic E-state index is 0.0812. The predicted molar refractivity (Wildman–Crippen MR) is 113 cm³/mol. The van der Waals surface area contributed by atoms with Gasteiger partial charge in [0.1, 0.15) is 11.6 Å². The van der Waals surface area contributed by atoms with Crippen molar-refractivity contribution in [1.82, 2.24) is 20.5 Å². The van der Waals surface area contributed by atoms with Crippen LogP contribution in [0.15, 0.2) is 58.4 Å². The van der Waals surface area contributed by atoms with Crippen molar-refractivity contribution < 1.29 is 14.7 Å². The Morgan fingerprint density at radius 3 is 2.70 bits per heavy atom. The number of carboxylic acids is 1. The maximum atomic E-state index is 12.7. The first-order valence-corrected chi connectivity index (χ1v) is 9.84. The number of hydrogen-bond acceptors (Lipinski definition) is 6. The van der Waals surface area contributed by atoms with Gasteiger partial charge in [-0.3, -0.25) is 14.6 Å². The van der Waals surface area contributed by atoms with E-state index in [2.05, 4.69) is 20.9 Å². The second-order valence-corrected chi connectivity index (χ2v) is 6.93. The summed E-state index contributed by atoms with van der Waals surface area (Å²) >= 11 is 0. The minimum atomic E-state index is -1.14. The normalized spacial score (nSPS) is 13.8. The van der Waals surface area contributed by atoms with E-state index in [-0.39, 0.29) is 12.0 Å². The summed E-state index contributed by atoms with van der Waals surface area (Å²) in [5.74, 6) is -1.13. The molecule has 0 fully saturated rings. The zero-order valence-electron chi connectivity index (χ0n) is 16.5. The van der Waals surface area contributed by atoms with Crippen LogP contribution in [0.3, 0.4) is 0 Å². The van der Waals surface area contributed by atoms with Crippen LogP contribution in [-0.4, -0.2) is 53.2 Å². The van der Waals surface area contributed by atoms with Crippen LogP contribution < -0.4 is 21.5 Å². The van der Waals surface area contributed by atoms with Crippen molar-refractivity contribution >= 4 is 17.8 Å². The maximum Gasteiger partial charge on any atom is 0.326 e. The average molecular weight is 411 g/mol. The molecule has 1 aliphatic rings. The Labute approximate surface area is 173 Å². The predicted octanol–water partition coefficient (Wildman–Crippen LogP) is 0.409. The number of aromatic nitrogens is 1. The lowest BCUT2D eigenvalue weighted by Crippen LogP contribution is -2.43. The molecule has 2 heterocycles. The first-order chi connectivity index (χ1) is 14.5. The molecule has 0 bridgehead atoms. The fourth-order valence-electron chi connectivity index (χ4n) is 3.14. The fourth-order valence-corrected chi connectivity index (χ4v) is 3.14. The molecule has 1 aromatic heterocycles. The van der Waals surface area contributed by atoms with Crippen LogP contribution in [0.4, 0.5) is 0 Å². The van der Waals surface area contributed by atoms with E-state index in [1.165, 1.54) is 10.6 Å². The number of guanidine groups is 1. The molecule has 0 aliphatic carbocycles. The van der Waals surface area contributed by atoms with Gasteiger partial charge in [0, 0.05) is 19.3 Å². The molecule has 9 nitrogen and oxygen atoms in total. The summed E-state index contributed by atoms with van der Waals surface area (Å²) in [4.78, 5) is 41.0. The number of carboxylic acid groups (broad SMARTS) is 1. The largest absolute Gasteiger partial charge is 0.480 e. The molecule has 1 atom stereocenters. The molecule has 0 spiro atoms. The SMILES string of the molecule is O=C(N[C@@H](CCCNC1=NCCN1)C(=O)O)c1cccn(Cc2ccccc2)c1=O. The van der Waals surface area contributed by atoms with E-state index in [1.807, 2.05) is 30.3 Å². The molecule has 1 aliphatic heterocycles. The topological polar surface area (TPSA) is 125 Å². The van der Waals surface area contributed by atoms with Gasteiger partial charge >= 0.3 is 5.97 Å². The van der Waals surface area contributed by atoms with Gasteiger partial charge in [-0.15, -0.1) is 0 Å². The molecule has 3 rings (SSSR count). The van der Waals surface area contributed by atoms with Crippen LogP contribution in [0.5, 0.6) is 0 Å². The lowest BCUT2D eigenvalue weighted by atomic mass is 10.1. The van der Waals surface area contributed by atoms with Gasteiger partial charge in [-0.25, -0.2) is 4.79 Å². The van der Waals surface area contributed by atoms with Crippen molar-refractivity contribution in [1.29, 1.82) is 0 Å². The Hall–Kier alpha value is -3.62. The highest BCUT2D eigenvalue weighted by molar-refractivity contribution is 5.96. The first-order valence-electron chi connectivity index (χ1n) is 9.84. The van der Waals surface area contributed by atoms with Crippen LogP contribution in [0, 0.1) is 0 Å². The molecular weight excluding hydrogens is 386 g/mol. The van der Waals surface area contributed by atoms with E-state index >= 15 is 0 Å². The average Bonchev–Trinajstić information content (AvgIpc) is 3.26. The molecule has 9 heteroatoms. The Kier molecular flexibility index (Phi) is 7.20. The molecule has 0 saturated heterocycles. The number of amides is 1.